The number of benzene rings is 6. The Bertz CT molecular complexity index is 2550. The van der Waals surface area contributed by atoms with Crippen molar-refractivity contribution in [3.8, 4) is 0 Å². The minimum Gasteiger partial charge on any atom is -0.333 e. The second kappa shape index (κ2) is 16.7. The minimum atomic E-state index is -0.854. The lowest BCUT2D eigenvalue weighted by Crippen LogP contribution is -2.66. The molecule has 0 spiro atoms. The summed E-state index contributed by atoms with van der Waals surface area (Å²) in [6.45, 7) is 4.56. The predicted molar refractivity (Wildman–Crippen MR) is 228 cm³/mol. The summed E-state index contributed by atoms with van der Waals surface area (Å²) in [6, 6.07) is 38.6. The molecule has 0 saturated carbocycles. The van der Waals surface area contributed by atoms with Crippen LogP contribution in [0.1, 0.15) is 27.0 Å². The summed E-state index contributed by atoms with van der Waals surface area (Å²) >= 11 is 12.3. The summed E-state index contributed by atoms with van der Waals surface area (Å²) in [5.74, 6) is -0.683. The smallest absolute Gasteiger partial charge is 0.332 e. The van der Waals surface area contributed by atoms with Gasteiger partial charge in [-0.2, -0.15) is 5.01 Å². The number of halogens is 2. The molecule has 0 unspecified atom stereocenters. The number of urea groups is 1. The molecule has 5 amide bonds. The van der Waals surface area contributed by atoms with E-state index >= 15 is 0 Å². The molecule has 12 heteroatoms. The molecule has 0 bridgehead atoms. The number of fused-ring (bicyclic) bond motifs is 3. The predicted octanol–water partition coefficient (Wildman–Crippen LogP) is 8.29. The van der Waals surface area contributed by atoms with Crippen molar-refractivity contribution < 1.29 is 19.2 Å². The highest BCUT2D eigenvalue weighted by Gasteiger charge is 2.52. The molecule has 8 rings (SSSR count). The van der Waals surface area contributed by atoms with Crippen LogP contribution < -0.4 is 10.6 Å². The van der Waals surface area contributed by atoms with Crippen molar-refractivity contribution in [3.63, 3.8) is 0 Å². The molecule has 2 aliphatic rings. The number of nitrogens with one attached hydrogen (secondary N) is 2. The lowest BCUT2D eigenvalue weighted by molar-refractivity contribution is -0.157. The molecule has 6 aromatic carbocycles. The van der Waals surface area contributed by atoms with Gasteiger partial charge in [0.1, 0.15) is 12.2 Å². The molecule has 2 atom stereocenters. The third kappa shape index (κ3) is 7.86. The topological polar surface area (TPSA) is 105 Å². The van der Waals surface area contributed by atoms with E-state index in [1.165, 1.54) is 5.01 Å². The maximum absolute atomic E-state index is 14.6. The van der Waals surface area contributed by atoms with Gasteiger partial charge in [-0.1, -0.05) is 126 Å². The van der Waals surface area contributed by atoms with Crippen molar-refractivity contribution in [2.45, 2.75) is 31.7 Å². The van der Waals surface area contributed by atoms with E-state index in [2.05, 4.69) is 17.2 Å². The normalized spacial score (nSPS) is 16.7. The second-order valence-corrected chi connectivity index (χ2v) is 15.2. The highest BCUT2D eigenvalue weighted by molar-refractivity contribution is 6.42. The molecule has 10 nitrogen and oxygen atoms in total. The first-order chi connectivity index (χ1) is 28.2. The van der Waals surface area contributed by atoms with Gasteiger partial charge < -0.3 is 20.4 Å². The maximum atomic E-state index is 14.6. The highest BCUT2D eigenvalue weighted by Crippen LogP contribution is 2.32. The molecular formula is C46H40Cl2N6O4. The van der Waals surface area contributed by atoms with Gasteiger partial charge in [-0.15, -0.1) is 6.58 Å². The van der Waals surface area contributed by atoms with Crippen LogP contribution in [0.25, 0.3) is 21.5 Å². The number of hydrazine groups is 1. The number of hydrogen-bond donors (Lipinski definition) is 2. The second-order valence-electron chi connectivity index (χ2n) is 14.4. The maximum Gasteiger partial charge on any atom is 0.332 e. The first-order valence-corrected chi connectivity index (χ1v) is 19.8. The zero-order chi connectivity index (χ0) is 40.3. The van der Waals surface area contributed by atoms with E-state index in [0.29, 0.717) is 27.8 Å². The van der Waals surface area contributed by atoms with Crippen molar-refractivity contribution in [2.75, 3.05) is 25.0 Å². The zero-order valence-electron chi connectivity index (χ0n) is 31.5. The fourth-order valence-corrected chi connectivity index (χ4v) is 8.26. The van der Waals surface area contributed by atoms with Crippen LogP contribution in [0.2, 0.25) is 10.0 Å². The number of nitrogens with zero attached hydrogens (tertiary/aromatic N) is 4. The molecule has 2 aliphatic heterocycles. The van der Waals surface area contributed by atoms with Gasteiger partial charge in [-0.3, -0.25) is 19.4 Å². The summed E-state index contributed by atoms with van der Waals surface area (Å²) < 4.78 is 0. The van der Waals surface area contributed by atoms with Crippen LogP contribution in [0.15, 0.2) is 140 Å². The first-order valence-electron chi connectivity index (χ1n) is 19.0. The Kier molecular flexibility index (Phi) is 11.1. The van der Waals surface area contributed by atoms with E-state index in [0.717, 1.165) is 38.2 Å². The highest BCUT2D eigenvalue weighted by atomic mass is 35.5. The van der Waals surface area contributed by atoms with Gasteiger partial charge in [0.25, 0.3) is 5.91 Å². The van der Waals surface area contributed by atoms with Gasteiger partial charge in [-0.25, -0.2) is 4.79 Å². The van der Waals surface area contributed by atoms with Crippen LogP contribution in [-0.4, -0.2) is 75.4 Å². The minimum absolute atomic E-state index is 0.107. The number of carbonyl (C=O) groups is 4. The number of hydrogen-bond acceptors (Lipinski definition) is 5. The summed E-state index contributed by atoms with van der Waals surface area (Å²) in [5.41, 5.74) is 3.70. The largest absolute Gasteiger partial charge is 0.333 e. The molecule has 0 radical (unpaired) electrons. The Morgan fingerprint density at radius 2 is 1.47 bits per heavy atom. The van der Waals surface area contributed by atoms with Crippen LogP contribution >= 0.6 is 23.2 Å². The van der Waals surface area contributed by atoms with E-state index in [-0.39, 0.29) is 50.3 Å². The summed E-state index contributed by atoms with van der Waals surface area (Å²) in [5, 5.41) is 13.9. The van der Waals surface area contributed by atoms with Gasteiger partial charge in [0.15, 0.2) is 0 Å². The summed E-state index contributed by atoms with van der Waals surface area (Å²) in [7, 11) is 0. The van der Waals surface area contributed by atoms with E-state index < -0.39 is 18.2 Å². The molecule has 2 heterocycles. The Labute approximate surface area is 346 Å². The molecule has 0 aliphatic carbocycles. The number of piperazine rings is 1. The van der Waals surface area contributed by atoms with Crippen LogP contribution in [-0.2, 0) is 29.1 Å². The number of carbonyl (C=O) groups excluding carboxylic acids is 4. The Balaban J connectivity index is 1.06. The average Bonchev–Trinajstić information content (AvgIpc) is 3.56. The molecule has 2 saturated heterocycles. The number of anilines is 1. The Morgan fingerprint density at radius 3 is 2.21 bits per heavy atom. The van der Waals surface area contributed by atoms with E-state index in [4.69, 9.17) is 23.2 Å². The molecule has 2 fully saturated rings. The average molecular weight is 812 g/mol. The van der Waals surface area contributed by atoms with E-state index in [1.807, 2.05) is 91.0 Å². The lowest BCUT2D eigenvalue weighted by atomic mass is 9.98. The summed E-state index contributed by atoms with van der Waals surface area (Å²) in [6.07, 6.45) is 1.19. The first kappa shape index (κ1) is 38.7. The third-order valence-electron chi connectivity index (χ3n) is 10.8. The van der Waals surface area contributed by atoms with Crippen molar-refractivity contribution in [3.05, 3.63) is 172 Å². The fraction of sp³-hybridized carbons (Fsp3) is 0.174. The van der Waals surface area contributed by atoms with Crippen LogP contribution in [0.5, 0.6) is 0 Å². The lowest BCUT2D eigenvalue weighted by Gasteiger charge is -2.46. The monoisotopic (exact) mass is 810 g/mol. The number of amides is 5. The van der Waals surface area contributed by atoms with Crippen molar-refractivity contribution in [1.82, 2.24) is 25.1 Å². The standard InChI is InChI=1S/C46H40Cl2N6O4/c1-2-23-52(46(58)49-26-31-19-22-39(47)40(48)24-31)53-29-43(55)54-41(45(57)51(28-42(53)54)27-34-13-7-11-32-9-3-5-14-36(32)34)25-30-17-20-35(21-18-30)50-44(56)38-16-8-12-33-10-4-6-15-37(33)38/h2-22,24,41-42H,1,23,25-29H2,(H,49,58)(H,50,56)/t41-,42+/m0/s1. The molecule has 2 N–H and O–H groups in total. The van der Waals surface area contributed by atoms with Crippen molar-refractivity contribution in [1.29, 1.82) is 0 Å². The van der Waals surface area contributed by atoms with Crippen LogP contribution in [0.4, 0.5) is 10.5 Å². The molecular weight excluding hydrogens is 771 g/mol. The molecule has 58 heavy (non-hydrogen) atoms. The fourth-order valence-electron chi connectivity index (χ4n) is 7.94. The van der Waals surface area contributed by atoms with Gasteiger partial charge in [-0.05, 0) is 68.6 Å². The van der Waals surface area contributed by atoms with Gasteiger partial charge in [0.05, 0.1) is 29.7 Å². The third-order valence-corrected chi connectivity index (χ3v) is 11.5. The molecule has 0 aromatic heterocycles. The van der Waals surface area contributed by atoms with E-state index in [1.54, 1.807) is 57.3 Å². The zero-order valence-corrected chi connectivity index (χ0v) is 33.0. The quantitative estimate of drug-likeness (QED) is 0.128. The van der Waals surface area contributed by atoms with Crippen LogP contribution in [0, 0.1) is 0 Å². The summed E-state index contributed by atoms with van der Waals surface area (Å²) in [4.78, 5) is 59.3. The van der Waals surface area contributed by atoms with Crippen molar-refractivity contribution >= 4 is 74.2 Å². The van der Waals surface area contributed by atoms with Gasteiger partial charge >= 0.3 is 6.03 Å². The SMILES string of the molecule is C=CCN(C(=O)NCc1ccc(Cl)c(Cl)c1)N1CC(=O)N2[C@@H](Cc3ccc(NC(=O)c4cccc5ccccc45)cc3)C(=O)N(Cc3cccc4ccccc34)C[C@@H]21. The Hall–Kier alpha value is -6.20. The molecule has 6 aromatic rings. The van der Waals surface area contributed by atoms with E-state index in [9.17, 15) is 19.2 Å². The van der Waals surface area contributed by atoms with Gasteiger partial charge in [0.2, 0.25) is 11.8 Å². The van der Waals surface area contributed by atoms with Crippen LogP contribution in [0.3, 0.4) is 0 Å². The molecule has 292 valence electrons. The number of rotatable bonds is 11. The Morgan fingerprint density at radius 1 is 0.793 bits per heavy atom. The van der Waals surface area contributed by atoms with Crippen molar-refractivity contribution in [2.24, 2.45) is 0 Å². The van der Waals surface area contributed by atoms with Gasteiger partial charge in [0, 0.05) is 30.8 Å².